The summed E-state index contributed by atoms with van der Waals surface area (Å²) in [6.45, 7) is 8.95. The van der Waals surface area contributed by atoms with Crippen molar-refractivity contribution in [2.45, 2.75) is 52.1 Å². The maximum Gasteiger partial charge on any atom is 0.256 e. The van der Waals surface area contributed by atoms with Gasteiger partial charge in [0.05, 0.1) is 23.2 Å². The van der Waals surface area contributed by atoms with Gasteiger partial charge in [-0.25, -0.2) is 8.42 Å². The lowest BCUT2D eigenvalue weighted by Crippen LogP contribution is -2.34. The van der Waals surface area contributed by atoms with E-state index in [0.717, 1.165) is 57.1 Å². The number of fused-ring (bicyclic) bond motifs is 3. The van der Waals surface area contributed by atoms with Crippen LogP contribution in [0.3, 0.4) is 0 Å². The van der Waals surface area contributed by atoms with Gasteiger partial charge in [-0.05, 0) is 80.3 Å². The molecule has 1 aromatic heterocycles. The number of rotatable bonds is 7. The normalized spacial score (nSPS) is 16.1. The summed E-state index contributed by atoms with van der Waals surface area (Å²) < 4.78 is 26.2. The van der Waals surface area contributed by atoms with Crippen LogP contribution in [0.4, 0.5) is 5.69 Å². The minimum absolute atomic E-state index is 0.0319. The highest BCUT2D eigenvalue weighted by atomic mass is 35.5. The van der Waals surface area contributed by atoms with Crippen molar-refractivity contribution >= 4 is 44.1 Å². The average molecular weight is 530 g/mol. The number of nitrogens with two attached hydrogens (primary N) is 1. The summed E-state index contributed by atoms with van der Waals surface area (Å²) in [6.07, 6.45) is 2.24. The molecule has 1 aliphatic carbocycles. The van der Waals surface area contributed by atoms with E-state index in [1.807, 2.05) is 26.8 Å². The summed E-state index contributed by atoms with van der Waals surface area (Å²) in [5.41, 5.74) is 11.2. The largest absolute Gasteiger partial charge is 0.390 e. The van der Waals surface area contributed by atoms with Gasteiger partial charge in [0.1, 0.15) is 0 Å². The topological polar surface area (TPSA) is 116 Å². The van der Waals surface area contributed by atoms with Gasteiger partial charge in [0, 0.05) is 34.1 Å². The number of H-pyrrole nitrogens is 1. The van der Waals surface area contributed by atoms with Gasteiger partial charge in [-0.2, -0.15) is 0 Å². The standard InChI is InChI=1S/C27H32ClN3O4S/c1-6-36(34,35)31(5)22-9-7-8-18(15(22)2)24-20(28)12-16(13-23(29)32)26-25(24)19-11-10-17(27(3,4)33)14-21(19)30-26/h6-9,12,17,30,33H,1,10-11,13-14H2,2-5H3,(H2,29,32)/t17-/m1/s1. The second-order valence-corrected chi connectivity index (χ2v) is 12.4. The number of aromatic amines is 1. The van der Waals surface area contributed by atoms with E-state index in [1.165, 1.54) is 11.4 Å². The predicted octanol–water partition coefficient (Wildman–Crippen LogP) is 4.61. The molecule has 0 saturated heterocycles. The molecule has 2 aromatic carbocycles. The van der Waals surface area contributed by atoms with Crippen LogP contribution in [0.5, 0.6) is 0 Å². The Morgan fingerprint density at radius 2 is 2.08 bits per heavy atom. The minimum Gasteiger partial charge on any atom is -0.390 e. The lowest BCUT2D eigenvalue weighted by Gasteiger charge is -2.32. The van der Waals surface area contributed by atoms with Gasteiger partial charge in [-0.1, -0.05) is 30.3 Å². The summed E-state index contributed by atoms with van der Waals surface area (Å²) in [5, 5.41) is 12.9. The molecule has 36 heavy (non-hydrogen) atoms. The molecule has 1 aliphatic rings. The van der Waals surface area contributed by atoms with E-state index in [4.69, 9.17) is 17.3 Å². The quantitative estimate of drug-likeness (QED) is 0.414. The first kappa shape index (κ1) is 26.3. The van der Waals surface area contributed by atoms with Crippen LogP contribution in [0.25, 0.3) is 22.0 Å². The molecule has 192 valence electrons. The molecule has 4 rings (SSSR count). The van der Waals surface area contributed by atoms with Crippen LogP contribution < -0.4 is 10.0 Å². The van der Waals surface area contributed by atoms with E-state index >= 15 is 0 Å². The van der Waals surface area contributed by atoms with Gasteiger partial charge in [0.2, 0.25) is 5.91 Å². The van der Waals surface area contributed by atoms with Crippen molar-refractivity contribution in [3.8, 4) is 11.1 Å². The number of nitrogens with zero attached hydrogens (tertiary/aromatic N) is 1. The number of hydrogen-bond acceptors (Lipinski definition) is 4. The van der Waals surface area contributed by atoms with Crippen molar-refractivity contribution in [1.82, 2.24) is 4.98 Å². The maximum absolute atomic E-state index is 12.5. The predicted molar refractivity (Wildman–Crippen MR) is 146 cm³/mol. The van der Waals surface area contributed by atoms with Crippen LogP contribution >= 0.6 is 11.6 Å². The molecule has 0 aliphatic heterocycles. The minimum atomic E-state index is -3.69. The van der Waals surface area contributed by atoms with E-state index in [-0.39, 0.29) is 12.3 Å². The second kappa shape index (κ2) is 9.25. The number of aromatic nitrogens is 1. The van der Waals surface area contributed by atoms with Gasteiger partial charge in [0.15, 0.2) is 0 Å². The first-order valence-electron chi connectivity index (χ1n) is 11.8. The fourth-order valence-corrected chi connectivity index (χ4v) is 6.34. The zero-order chi connectivity index (χ0) is 26.6. The SMILES string of the molecule is C=CS(=O)(=O)N(C)c1cccc(-c2c(Cl)cc(CC(N)=O)c3[nH]c4c(c23)CC[C@@H](C(C)(C)O)C4)c1C. The molecule has 9 heteroatoms. The Balaban J connectivity index is 2.01. The smallest absolute Gasteiger partial charge is 0.256 e. The second-order valence-electron chi connectivity index (χ2n) is 10.1. The third kappa shape index (κ3) is 4.53. The van der Waals surface area contributed by atoms with Crippen LogP contribution in [-0.2, 0) is 34.1 Å². The monoisotopic (exact) mass is 529 g/mol. The zero-order valence-corrected chi connectivity index (χ0v) is 22.6. The highest BCUT2D eigenvalue weighted by molar-refractivity contribution is 7.95. The third-order valence-corrected chi connectivity index (χ3v) is 9.05. The number of anilines is 1. The number of sulfonamides is 1. The molecule has 4 N–H and O–H groups in total. The molecule has 0 fully saturated rings. The van der Waals surface area contributed by atoms with Gasteiger partial charge >= 0.3 is 0 Å². The van der Waals surface area contributed by atoms with Gasteiger partial charge < -0.3 is 15.8 Å². The van der Waals surface area contributed by atoms with Crippen molar-refractivity contribution in [1.29, 1.82) is 0 Å². The summed E-state index contributed by atoms with van der Waals surface area (Å²) in [6, 6.07) is 7.22. The number of aliphatic hydroxyl groups is 1. The number of nitrogens with one attached hydrogen (secondary N) is 1. The Morgan fingerprint density at radius 1 is 1.39 bits per heavy atom. The van der Waals surface area contributed by atoms with Crippen molar-refractivity contribution in [3.05, 3.63) is 63.7 Å². The Kier molecular flexibility index (Phi) is 6.75. The lowest BCUT2D eigenvalue weighted by atomic mass is 9.77. The van der Waals surface area contributed by atoms with Crippen LogP contribution in [0.1, 0.15) is 42.7 Å². The molecule has 1 atom stereocenters. The Morgan fingerprint density at radius 3 is 2.69 bits per heavy atom. The van der Waals surface area contributed by atoms with Crippen LogP contribution in [-0.4, -0.2) is 37.1 Å². The zero-order valence-electron chi connectivity index (χ0n) is 21.0. The van der Waals surface area contributed by atoms with E-state index in [1.54, 1.807) is 18.2 Å². The molecule has 0 unspecified atom stereocenters. The number of halogens is 1. The van der Waals surface area contributed by atoms with Gasteiger partial charge in [-0.15, -0.1) is 0 Å². The Labute approximate surface area is 217 Å². The molecular weight excluding hydrogens is 498 g/mol. The van der Waals surface area contributed by atoms with Gasteiger partial charge in [-0.3, -0.25) is 9.10 Å². The number of hydrogen-bond donors (Lipinski definition) is 3. The van der Waals surface area contributed by atoms with Crippen LogP contribution in [0, 0.1) is 12.8 Å². The molecular formula is C27H32ClN3O4S. The fourth-order valence-electron chi connectivity index (χ4n) is 5.32. The lowest BCUT2D eigenvalue weighted by molar-refractivity contribution is -0.117. The number of benzene rings is 2. The summed E-state index contributed by atoms with van der Waals surface area (Å²) in [7, 11) is -2.19. The van der Waals surface area contributed by atoms with Crippen molar-refractivity contribution < 1.29 is 18.3 Å². The Bertz CT molecular complexity index is 1490. The number of amides is 1. The number of carbonyl (C=O) groups excluding carboxylic acids is 1. The van der Waals surface area contributed by atoms with E-state index in [9.17, 15) is 18.3 Å². The molecule has 0 saturated carbocycles. The van der Waals surface area contributed by atoms with Crippen LogP contribution in [0.15, 0.2) is 36.3 Å². The highest BCUT2D eigenvalue weighted by Gasteiger charge is 2.34. The van der Waals surface area contributed by atoms with E-state index in [0.29, 0.717) is 22.7 Å². The summed E-state index contributed by atoms with van der Waals surface area (Å²) in [4.78, 5) is 15.4. The summed E-state index contributed by atoms with van der Waals surface area (Å²) >= 11 is 6.89. The average Bonchev–Trinajstić information content (AvgIpc) is 3.17. The number of primary amides is 1. The summed E-state index contributed by atoms with van der Waals surface area (Å²) in [5.74, 6) is -0.379. The number of aryl methyl sites for hydroxylation is 1. The molecule has 1 amide bonds. The van der Waals surface area contributed by atoms with E-state index < -0.39 is 21.5 Å². The fraction of sp³-hybridized carbons (Fsp3) is 0.370. The molecule has 0 radical (unpaired) electrons. The van der Waals surface area contributed by atoms with Crippen molar-refractivity contribution in [3.63, 3.8) is 0 Å². The molecule has 1 heterocycles. The molecule has 7 nitrogen and oxygen atoms in total. The Hall–Kier alpha value is -2.81. The van der Waals surface area contributed by atoms with E-state index in [2.05, 4.69) is 11.6 Å². The maximum atomic E-state index is 12.5. The first-order chi connectivity index (χ1) is 16.8. The first-order valence-corrected chi connectivity index (χ1v) is 13.7. The number of carbonyl (C=O) groups is 1. The van der Waals surface area contributed by atoms with Gasteiger partial charge in [0.25, 0.3) is 10.0 Å². The molecule has 3 aromatic rings. The molecule has 0 bridgehead atoms. The molecule has 0 spiro atoms. The van der Waals surface area contributed by atoms with Crippen LogP contribution in [0.2, 0.25) is 5.02 Å². The van der Waals surface area contributed by atoms with Crippen molar-refractivity contribution in [2.24, 2.45) is 11.7 Å². The highest BCUT2D eigenvalue weighted by Crippen LogP contribution is 2.46. The van der Waals surface area contributed by atoms with Crippen molar-refractivity contribution in [2.75, 3.05) is 11.4 Å². The third-order valence-electron chi connectivity index (χ3n) is 7.37.